The lowest BCUT2D eigenvalue weighted by Gasteiger charge is -2.08. The molecule has 0 fully saturated rings. The Kier molecular flexibility index (Phi) is 5.78. The zero-order valence-electron chi connectivity index (χ0n) is 9.47. The van der Waals surface area contributed by atoms with Gasteiger partial charge in [0, 0.05) is 28.9 Å². The molecule has 1 aromatic heterocycles. The molecule has 0 spiro atoms. The van der Waals surface area contributed by atoms with Crippen LogP contribution in [0.4, 0.5) is 0 Å². The topological polar surface area (TPSA) is 63.2 Å². The van der Waals surface area contributed by atoms with E-state index in [1.165, 1.54) is 11.3 Å². The molecular weight excluding hydrogens is 346 g/mol. The van der Waals surface area contributed by atoms with E-state index in [9.17, 15) is 12.6 Å². The molecule has 1 rings (SSSR count). The molecule has 0 saturated carbocycles. The van der Waals surface area contributed by atoms with Crippen LogP contribution in [-0.4, -0.2) is 30.7 Å². The first-order valence-corrected chi connectivity index (χ1v) is 9.61. The van der Waals surface area contributed by atoms with Crippen LogP contribution < -0.4 is 4.72 Å². The highest BCUT2D eigenvalue weighted by molar-refractivity contribution is 9.11. The van der Waals surface area contributed by atoms with Crippen molar-refractivity contribution in [3.8, 4) is 0 Å². The molecule has 17 heavy (non-hydrogen) atoms. The molecule has 0 saturated heterocycles. The summed E-state index contributed by atoms with van der Waals surface area (Å²) < 4.78 is 38.3. The molecule has 0 aliphatic carbocycles. The highest BCUT2D eigenvalue weighted by Gasteiger charge is 2.16. The minimum atomic E-state index is -3.42. The zero-order chi connectivity index (χ0) is 13.1. The first-order valence-electron chi connectivity index (χ1n) is 4.90. The smallest absolute Gasteiger partial charge is 0.250 e. The SMILES string of the molecule is CC(CCNS(=O)(=O)c1ccc(Br)s1)S(C)=O. The van der Waals surface area contributed by atoms with Crippen molar-refractivity contribution >= 4 is 48.1 Å². The summed E-state index contributed by atoms with van der Waals surface area (Å²) in [6, 6.07) is 3.25. The maximum Gasteiger partial charge on any atom is 0.250 e. The lowest BCUT2D eigenvalue weighted by atomic mass is 10.3. The summed E-state index contributed by atoms with van der Waals surface area (Å²) in [7, 11) is -4.34. The summed E-state index contributed by atoms with van der Waals surface area (Å²) in [5, 5.41) is -0.00669. The van der Waals surface area contributed by atoms with E-state index >= 15 is 0 Å². The molecule has 4 nitrogen and oxygen atoms in total. The van der Waals surface area contributed by atoms with Crippen molar-refractivity contribution in [3.63, 3.8) is 0 Å². The summed E-state index contributed by atoms with van der Waals surface area (Å²) in [6.45, 7) is 2.14. The van der Waals surface area contributed by atoms with Crippen LogP contribution in [0.5, 0.6) is 0 Å². The monoisotopic (exact) mass is 359 g/mol. The van der Waals surface area contributed by atoms with Gasteiger partial charge in [-0.1, -0.05) is 6.92 Å². The Morgan fingerprint density at radius 1 is 1.53 bits per heavy atom. The number of nitrogens with one attached hydrogen (secondary N) is 1. The van der Waals surface area contributed by atoms with Crippen molar-refractivity contribution in [2.75, 3.05) is 12.8 Å². The van der Waals surface area contributed by atoms with Gasteiger partial charge < -0.3 is 0 Å². The summed E-state index contributed by atoms with van der Waals surface area (Å²) in [4.78, 5) is 0. The molecule has 1 aromatic rings. The van der Waals surface area contributed by atoms with Gasteiger partial charge in [-0.25, -0.2) is 13.1 Å². The molecule has 0 bridgehead atoms. The van der Waals surface area contributed by atoms with Gasteiger partial charge in [0.2, 0.25) is 10.0 Å². The highest BCUT2D eigenvalue weighted by Crippen LogP contribution is 2.25. The fraction of sp³-hybridized carbons (Fsp3) is 0.556. The van der Waals surface area contributed by atoms with Gasteiger partial charge in [-0.2, -0.15) is 0 Å². The van der Waals surface area contributed by atoms with Gasteiger partial charge in [-0.15, -0.1) is 11.3 Å². The van der Waals surface area contributed by atoms with Crippen LogP contribution in [0.1, 0.15) is 13.3 Å². The maximum atomic E-state index is 11.8. The van der Waals surface area contributed by atoms with Gasteiger partial charge in [0.05, 0.1) is 3.79 Å². The Balaban J connectivity index is 2.54. The molecule has 0 amide bonds. The van der Waals surface area contributed by atoms with E-state index in [4.69, 9.17) is 0 Å². The van der Waals surface area contributed by atoms with E-state index in [1.807, 2.05) is 6.92 Å². The van der Waals surface area contributed by atoms with E-state index < -0.39 is 20.8 Å². The highest BCUT2D eigenvalue weighted by atomic mass is 79.9. The van der Waals surface area contributed by atoms with Crippen LogP contribution in [0.2, 0.25) is 0 Å². The lowest BCUT2D eigenvalue weighted by Crippen LogP contribution is -2.27. The van der Waals surface area contributed by atoms with Crippen LogP contribution in [0, 0.1) is 0 Å². The standard InChI is InChI=1S/C9H14BrNO3S3/c1-7(16(2)12)5-6-11-17(13,14)9-4-3-8(10)15-9/h3-4,7,11H,5-6H2,1-2H3. The number of rotatable bonds is 6. The van der Waals surface area contributed by atoms with E-state index in [0.717, 1.165) is 3.79 Å². The van der Waals surface area contributed by atoms with E-state index in [0.29, 0.717) is 13.0 Å². The van der Waals surface area contributed by atoms with E-state index in [-0.39, 0.29) is 9.46 Å². The summed E-state index contributed by atoms with van der Waals surface area (Å²) in [5.74, 6) is 0. The Labute approximate surface area is 116 Å². The molecule has 0 aliphatic rings. The number of hydrogen-bond donors (Lipinski definition) is 1. The molecule has 1 heterocycles. The second kappa shape index (κ2) is 6.42. The maximum absolute atomic E-state index is 11.8. The number of hydrogen-bond acceptors (Lipinski definition) is 4. The predicted molar refractivity (Wildman–Crippen MR) is 75.4 cm³/mol. The minimum Gasteiger partial charge on any atom is -0.260 e. The Bertz CT molecular complexity index is 497. The molecule has 0 radical (unpaired) electrons. The third-order valence-electron chi connectivity index (χ3n) is 2.22. The number of halogens is 1. The van der Waals surface area contributed by atoms with Gasteiger partial charge in [-0.3, -0.25) is 4.21 Å². The van der Waals surface area contributed by atoms with Crippen molar-refractivity contribution in [2.24, 2.45) is 0 Å². The second-order valence-electron chi connectivity index (χ2n) is 3.55. The molecule has 2 unspecified atom stereocenters. The van der Waals surface area contributed by atoms with Gasteiger partial charge in [0.25, 0.3) is 0 Å². The fourth-order valence-electron chi connectivity index (χ4n) is 1.08. The predicted octanol–water partition coefficient (Wildman–Crippen LogP) is 1.95. The number of sulfonamides is 1. The normalized spacial score (nSPS) is 15.7. The quantitative estimate of drug-likeness (QED) is 0.843. The van der Waals surface area contributed by atoms with Crippen LogP contribution in [0.15, 0.2) is 20.1 Å². The third kappa shape index (κ3) is 4.78. The third-order valence-corrected chi connectivity index (χ3v) is 7.17. The molecule has 8 heteroatoms. The molecular formula is C9H14BrNO3S3. The van der Waals surface area contributed by atoms with Crippen LogP contribution >= 0.6 is 27.3 Å². The first-order chi connectivity index (χ1) is 7.83. The molecule has 1 N–H and O–H groups in total. The molecule has 2 atom stereocenters. The summed E-state index contributed by atoms with van der Waals surface area (Å²) in [5.41, 5.74) is 0. The molecule has 0 aliphatic heterocycles. The zero-order valence-corrected chi connectivity index (χ0v) is 13.5. The van der Waals surface area contributed by atoms with Gasteiger partial charge in [0.15, 0.2) is 0 Å². The van der Waals surface area contributed by atoms with Crippen molar-refractivity contribution in [1.82, 2.24) is 4.72 Å². The second-order valence-corrected chi connectivity index (χ2v) is 9.81. The van der Waals surface area contributed by atoms with Gasteiger partial charge in [0.1, 0.15) is 4.21 Å². The Morgan fingerprint density at radius 2 is 2.18 bits per heavy atom. The lowest BCUT2D eigenvalue weighted by molar-refractivity contribution is 0.580. The van der Waals surface area contributed by atoms with Gasteiger partial charge >= 0.3 is 0 Å². The van der Waals surface area contributed by atoms with E-state index in [2.05, 4.69) is 20.7 Å². The number of thiophene rings is 1. The molecule has 98 valence electrons. The van der Waals surface area contributed by atoms with Crippen molar-refractivity contribution in [1.29, 1.82) is 0 Å². The van der Waals surface area contributed by atoms with Gasteiger partial charge in [-0.05, 0) is 34.5 Å². The average molecular weight is 360 g/mol. The average Bonchev–Trinajstić information content (AvgIpc) is 2.65. The minimum absolute atomic E-state index is 0.00669. The van der Waals surface area contributed by atoms with E-state index in [1.54, 1.807) is 18.4 Å². The van der Waals surface area contributed by atoms with Crippen LogP contribution in [0.3, 0.4) is 0 Å². The van der Waals surface area contributed by atoms with Crippen molar-refractivity contribution in [2.45, 2.75) is 22.8 Å². The Morgan fingerprint density at radius 3 is 2.65 bits per heavy atom. The Hall–Kier alpha value is 0.240. The largest absolute Gasteiger partial charge is 0.260 e. The van der Waals surface area contributed by atoms with Crippen molar-refractivity contribution < 1.29 is 12.6 Å². The molecule has 0 aromatic carbocycles. The van der Waals surface area contributed by atoms with Crippen LogP contribution in [-0.2, 0) is 20.8 Å². The summed E-state index contributed by atoms with van der Waals surface area (Å²) in [6.07, 6.45) is 2.18. The van der Waals surface area contributed by atoms with Crippen molar-refractivity contribution in [3.05, 3.63) is 15.9 Å². The summed E-state index contributed by atoms with van der Waals surface area (Å²) >= 11 is 4.39. The van der Waals surface area contributed by atoms with Crippen LogP contribution in [0.25, 0.3) is 0 Å². The fourth-order valence-corrected chi connectivity index (χ4v) is 4.63. The first kappa shape index (κ1) is 15.3.